The van der Waals surface area contributed by atoms with Gasteiger partial charge in [0.2, 0.25) is 0 Å². The van der Waals surface area contributed by atoms with E-state index in [9.17, 15) is 4.79 Å². The van der Waals surface area contributed by atoms with Gasteiger partial charge in [-0.15, -0.1) is 0 Å². The Hall–Kier alpha value is -1.75. The number of carbonyl (C=O) groups excluding carboxylic acids is 1. The number of para-hydroxylation sites is 1. The van der Waals surface area contributed by atoms with Crippen LogP contribution in [0.15, 0.2) is 24.3 Å². The van der Waals surface area contributed by atoms with Crippen molar-refractivity contribution in [2.24, 2.45) is 0 Å². The van der Waals surface area contributed by atoms with E-state index in [0.717, 1.165) is 39.0 Å². The minimum Gasteiger partial charge on any atom is -0.378 e. The van der Waals surface area contributed by atoms with Gasteiger partial charge in [0.05, 0.1) is 6.10 Å². The number of ether oxygens (including phenoxy) is 1. The molecule has 24 heavy (non-hydrogen) atoms. The number of piperidine rings is 1. The van der Waals surface area contributed by atoms with Crippen LogP contribution < -0.4 is 15.5 Å². The maximum absolute atomic E-state index is 12.0. The number of hydrogen-bond donors (Lipinski definition) is 2. The fourth-order valence-electron chi connectivity index (χ4n) is 3.56. The van der Waals surface area contributed by atoms with E-state index in [-0.39, 0.29) is 6.03 Å². The summed E-state index contributed by atoms with van der Waals surface area (Å²) < 4.78 is 5.57. The van der Waals surface area contributed by atoms with Crippen molar-refractivity contribution in [2.45, 2.75) is 51.2 Å². The second-order valence-corrected chi connectivity index (χ2v) is 6.71. The third kappa shape index (κ3) is 4.87. The lowest BCUT2D eigenvalue weighted by atomic mass is 10.1. The maximum atomic E-state index is 12.0. The van der Waals surface area contributed by atoms with Crippen LogP contribution in [0.25, 0.3) is 0 Å². The van der Waals surface area contributed by atoms with Crippen LogP contribution in [0.3, 0.4) is 0 Å². The van der Waals surface area contributed by atoms with Crippen molar-refractivity contribution in [3.63, 3.8) is 0 Å². The molecule has 0 saturated carbocycles. The molecule has 0 aliphatic carbocycles. The molecule has 0 spiro atoms. The minimum atomic E-state index is -0.0959. The first-order valence-electron chi connectivity index (χ1n) is 9.29. The van der Waals surface area contributed by atoms with E-state index >= 15 is 0 Å². The summed E-state index contributed by atoms with van der Waals surface area (Å²) in [6.07, 6.45) is 7.32. The van der Waals surface area contributed by atoms with Gasteiger partial charge in [0.1, 0.15) is 0 Å². The third-order valence-corrected chi connectivity index (χ3v) is 4.90. The molecule has 0 aromatic heterocycles. The predicted octanol–water partition coefficient (Wildman–Crippen LogP) is 3.05. The Morgan fingerprint density at radius 2 is 1.96 bits per heavy atom. The van der Waals surface area contributed by atoms with Crippen molar-refractivity contribution < 1.29 is 9.53 Å². The molecule has 5 heteroatoms. The van der Waals surface area contributed by atoms with Gasteiger partial charge in [-0.05, 0) is 50.2 Å². The SMILES string of the molecule is O=C(NCCC1CCCO1)NCc1ccccc1N1CCCCC1. The molecule has 2 aliphatic rings. The number of nitrogens with one attached hydrogen (secondary N) is 2. The molecule has 2 saturated heterocycles. The zero-order chi connectivity index (χ0) is 16.6. The predicted molar refractivity (Wildman–Crippen MR) is 96.3 cm³/mol. The van der Waals surface area contributed by atoms with Gasteiger partial charge in [-0.3, -0.25) is 0 Å². The summed E-state index contributed by atoms with van der Waals surface area (Å²) in [6.45, 7) is 4.34. The first kappa shape index (κ1) is 17.1. The molecule has 2 aliphatic heterocycles. The molecule has 3 rings (SSSR count). The molecular formula is C19H29N3O2. The first-order valence-corrected chi connectivity index (χ1v) is 9.29. The Morgan fingerprint density at radius 3 is 2.75 bits per heavy atom. The Kier molecular flexibility index (Phi) is 6.35. The molecule has 1 aromatic carbocycles. The smallest absolute Gasteiger partial charge is 0.315 e. The Balaban J connectivity index is 1.44. The van der Waals surface area contributed by atoms with Crippen LogP contribution in [0, 0.1) is 0 Å². The molecule has 1 unspecified atom stereocenters. The minimum absolute atomic E-state index is 0.0959. The largest absolute Gasteiger partial charge is 0.378 e. The summed E-state index contributed by atoms with van der Waals surface area (Å²) in [6, 6.07) is 8.30. The zero-order valence-electron chi connectivity index (χ0n) is 14.4. The standard InChI is InChI=1S/C19H29N3O2/c23-19(20-11-10-17-8-6-14-24-17)21-15-16-7-2-3-9-18(16)22-12-4-1-5-13-22/h2-3,7,9,17H,1,4-6,8,10-15H2,(H2,20,21,23). The Morgan fingerprint density at radius 1 is 1.12 bits per heavy atom. The topological polar surface area (TPSA) is 53.6 Å². The first-order chi connectivity index (χ1) is 11.8. The van der Waals surface area contributed by atoms with Crippen molar-refractivity contribution >= 4 is 11.7 Å². The highest BCUT2D eigenvalue weighted by molar-refractivity contribution is 5.74. The molecule has 2 fully saturated rings. The molecule has 132 valence electrons. The summed E-state index contributed by atoms with van der Waals surface area (Å²) in [4.78, 5) is 14.4. The normalized spacial score (nSPS) is 20.8. The van der Waals surface area contributed by atoms with E-state index in [4.69, 9.17) is 4.74 Å². The van der Waals surface area contributed by atoms with Gasteiger partial charge < -0.3 is 20.3 Å². The number of nitrogens with zero attached hydrogens (tertiary/aromatic N) is 1. The fraction of sp³-hybridized carbons (Fsp3) is 0.632. The van der Waals surface area contributed by atoms with Crippen molar-refractivity contribution in [3.8, 4) is 0 Å². The number of benzene rings is 1. The summed E-state index contributed by atoms with van der Waals surface area (Å²) in [7, 11) is 0. The third-order valence-electron chi connectivity index (χ3n) is 4.90. The number of anilines is 1. The highest BCUT2D eigenvalue weighted by Crippen LogP contribution is 2.24. The quantitative estimate of drug-likeness (QED) is 0.842. The van der Waals surface area contributed by atoms with E-state index in [1.165, 1.54) is 30.5 Å². The van der Waals surface area contributed by atoms with Crippen LogP contribution in [0.2, 0.25) is 0 Å². The summed E-state index contributed by atoms with van der Waals surface area (Å²) in [5, 5.41) is 5.92. The summed E-state index contributed by atoms with van der Waals surface area (Å²) >= 11 is 0. The van der Waals surface area contributed by atoms with E-state index in [2.05, 4.69) is 33.7 Å². The van der Waals surface area contributed by atoms with Gasteiger partial charge in [0, 0.05) is 38.5 Å². The Labute approximate surface area is 144 Å². The fourth-order valence-corrected chi connectivity index (χ4v) is 3.56. The molecule has 0 radical (unpaired) electrons. The van der Waals surface area contributed by atoms with Crippen LogP contribution in [0.1, 0.15) is 44.1 Å². The lowest BCUT2D eigenvalue weighted by Crippen LogP contribution is -2.37. The lowest BCUT2D eigenvalue weighted by molar-refractivity contribution is 0.104. The molecular weight excluding hydrogens is 302 g/mol. The lowest BCUT2D eigenvalue weighted by Gasteiger charge is -2.30. The van der Waals surface area contributed by atoms with Crippen molar-refractivity contribution in [3.05, 3.63) is 29.8 Å². The molecule has 1 atom stereocenters. The van der Waals surface area contributed by atoms with Gasteiger partial charge >= 0.3 is 6.03 Å². The van der Waals surface area contributed by atoms with E-state index < -0.39 is 0 Å². The van der Waals surface area contributed by atoms with Crippen molar-refractivity contribution in [2.75, 3.05) is 31.1 Å². The van der Waals surface area contributed by atoms with Gasteiger partial charge in [0.25, 0.3) is 0 Å². The van der Waals surface area contributed by atoms with Crippen LogP contribution in [0.4, 0.5) is 10.5 Å². The van der Waals surface area contributed by atoms with Crippen LogP contribution in [-0.4, -0.2) is 38.4 Å². The second kappa shape index (κ2) is 8.92. The monoisotopic (exact) mass is 331 g/mol. The average Bonchev–Trinajstić information content (AvgIpc) is 3.14. The number of rotatable bonds is 6. The van der Waals surface area contributed by atoms with E-state index in [1.807, 2.05) is 6.07 Å². The summed E-state index contributed by atoms with van der Waals surface area (Å²) in [5.41, 5.74) is 2.45. The number of hydrogen-bond acceptors (Lipinski definition) is 3. The number of carbonyl (C=O) groups is 1. The zero-order valence-corrected chi connectivity index (χ0v) is 14.4. The highest BCUT2D eigenvalue weighted by Gasteiger charge is 2.16. The summed E-state index contributed by atoms with van der Waals surface area (Å²) in [5.74, 6) is 0. The van der Waals surface area contributed by atoms with E-state index in [1.54, 1.807) is 0 Å². The molecule has 0 bridgehead atoms. The molecule has 2 heterocycles. The molecule has 1 aromatic rings. The number of amides is 2. The maximum Gasteiger partial charge on any atom is 0.315 e. The van der Waals surface area contributed by atoms with Crippen LogP contribution in [0.5, 0.6) is 0 Å². The second-order valence-electron chi connectivity index (χ2n) is 6.71. The Bertz CT molecular complexity index is 523. The van der Waals surface area contributed by atoms with Gasteiger partial charge in [-0.1, -0.05) is 18.2 Å². The van der Waals surface area contributed by atoms with Crippen molar-refractivity contribution in [1.82, 2.24) is 10.6 Å². The number of urea groups is 1. The highest BCUT2D eigenvalue weighted by atomic mass is 16.5. The molecule has 2 amide bonds. The van der Waals surface area contributed by atoms with Crippen LogP contribution >= 0.6 is 0 Å². The van der Waals surface area contributed by atoms with E-state index in [0.29, 0.717) is 19.2 Å². The van der Waals surface area contributed by atoms with Gasteiger partial charge in [-0.25, -0.2) is 4.79 Å². The average molecular weight is 331 g/mol. The molecule has 5 nitrogen and oxygen atoms in total. The molecule has 2 N–H and O–H groups in total. The van der Waals surface area contributed by atoms with Crippen molar-refractivity contribution in [1.29, 1.82) is 0 Å². The van der Waals surface area contributed by atoms with Gasteiger partial charge in [-0.2, -0.15) is 0 Å². The van der Waals surface area contributed by atoms with Gasteiger partial charge in [0.15, 0.2) is 0 Å². The van der Waals surface area contributed by atoms with Crippen LogP contribution in [-0.2, 0) is 11.3 Å².